The molecule has 3 aromatic rings. The zero-order chi connectivity index (χ0) is 16.9. The number of carbonyl (C=O) groups excluding carboxylic acids is 1. The van der Waals surface area contributed by atoms with E-state index in [2.05, 4.69) is 20.6 Å². The van der Waals surface area contributed by atoms with E-state index >= 15 is 0 Å². The van der Waals surface area contributed by atoms with Gasteiger partial charge in [-0.3, -0.25) is 4.79 Å². The third-order valence-corrected chi connectivity index (χ3v) is 3.30. The molecule has 24 heavy (non-hydrogen) atoms. The molecule has 6 heteroatoms. The number of aryl methyl sites for hydroxylation is 1. The minimum absolute atomic E-state index is 0.285. The fraction of sp³-hybridized carbons (Fsp3) is 0.0556. The molecule has 2 aromatic carbocycles. The van der Waals surface area contributed by atoms with E-state index in [9.17, 15) is 9.18 Å². The summed E-state index contributed by atoms with van der Waals surface area (Å²) >= 11 is 0. The lowest BCUT2D eigenvalue weighted by Crippen LogP contribution is -2.13. The molecular weight excluding hydrogens is 307 g/mol. The lowest BCUT2D eigenvalue weighted by atomic mass is 10.2. The van der Waals surface area contributed by atoms with Crippen LogP contribution in [0, 0.1) is 12.7 Å². The Labute approximate surface area is 138 Å². The van der Waals surface area contributed by atoms with E-state index in [-0.39, 0.29) is 17.7 Å². The van der Waals surface area contributed by atoms with Crippen molar-refractivity contribution in [3.8, 4) is 0 Å². The Morgan fingerprint density at radius 1 is 1.00 bits per heavy atom. The van der Waals surface area contributed by atoms with Crippen molar-refractivity contribution in [2.24, 2.45) is 0 Å². The van der Waals surface area contributed by atoms with Crippen LogP contribution >= 0.6 is 0 Å². The third kappa shape index (κ3) is 3.92. The van der Waals surface area contributed by atoms with E-state index in [1.807, 2.05) is 31.2 Å². The van der Waals surface area contributed by atoms with Crippen molar-refractivity contribution in [2.45, 2.75) is 6.92 Å². The van der Waals surface area contributed by atoms with Crippen LogP contribution in [0.25, 0.3) is 0 Å². The van der Waals surface area contributed by atoms with Gasteiger partial charge >= 0.3 is 0 Å². The fourth-order valence-corrected chi connectivity index (χ4v) is 2.05. The Bertz CT molecular complexity index is 848. The fourth-order valence-electron chi connectivity index (χ4n) is 2.05. The van der Waals surface area contributed by atoms with Crippen LogP contribution in [0.2, 0.25) is 0 Å². The predicted octanol–water partition coefficient (Wildman–Crippen LogP) is 3.92. The van der Waals surface area contributed by atoms with Gasteiger partial charge < -0.3 is 10.6 Å². The Morgan fingerprint density at radius 3 is 2.38 bits per heavy atom. The van der Waals surface area contributed by atoms with E-state index in [4.69, 9.17) is 0 Å². The van der Waals surface area contributed by atoms with Gasteiger partial charge in [0.05, 0.1) is 5.56 Å². The van der Waals surface area contributed by atoms with Crippen LogP contribution in [0.3, 0.4) is 0 Å². The molecule has 0 aliphatic rings. The van der Waals surface area contributed by atoms with E-state index in [0.29, 0.717) is 16.9 Å². The molecule has 120 valence electrons. The summed E-state index contributed by atoms with van der Waals surface area (Å²) < 4.78 is 13.1. The quantitative estimate of drug-likeness (QED) is 0.764. The second-order valence-electron chi connectivity index (χ2n) is 5.25. The van der Waals surface area contributed by atoms with E-state index < -0.39 is 0 Å². The first-order chi connectivity index (χ1) is 11.6. The van der Waals surface area contributed by atoms with E-state index in [0.717, 1.165) is 5.56 Å². The van der Waals surface area contributed by atoms with Crippen molar-refractivity contribution in [3.63, 3.8) is 0 Å². The maximum atomic E-state index is 13.1. The maximum absolute atomic E-state index is 13.1. The van der Waals surface area contributed by atoms with Gasteiger partial charge in [-0.05, 0) is 37.3 Å². The molecule has 0 atom stereocenters. The minimum atomic E-state index is -0.353. The number of hydrogen-bond donors (Lipinski definition) is 2. The average Bonchev–Trinajstić information content (AvgIpc) is 2.57. The van der Waals surface area contributed by atoms with Crippen molar-refractivity contribution in [2.75, 3.05) is 10.6 Å². The summed E-state index contributed by atoms with van der Waals surface area (Å²) in [4.78, 5) is 20.3. The maximum Gasteiger partial charge on any atom is 0.258 e. The Morgan fingerprint density at radius 2 is 1.71 bits per heavy atom. The highest BCUT2D eigenvalue weighted by molar-refractivity contribution is 6.03. The molecule has 5 nitrogen and oxygen atoms in total. The van der Waals surface area contributed by atoms with Crippen LogP contribution in [-0.2, 0) is 0 Å². The van der Waals surface area contributed by atoms with E-state index in [1.54, 1.807) is 12.1 Å². The number of nitrogens with one attached hydrogen (secondary N) is 2. The molecule has 0 bridgehead atoms. The first-order valence-corrected chi connectivity index (χ1v) is 7.33. The monoisotopic (exact) mass is 322 g/mol. The molecular formula is C18H15FN4O. The first kappa shape index (κ1) is 15.6. The lowest BCUT2D eigenvalue weighted by molar-refractivity contribution is 0.102. The van der Waals surface area contributed by atoms with Crippen LogP contribution in [-0.4, -0.2) is 15.9 Å². The summed E-state index contributed by atoms with van der Waals surface area (Å²) in [6.45, 7) is 1.98. The zero-order valence-electron chi connectivity index (χ0n) is 13.0. The molecule has 3 rings (SSSR count). The number of anilines is 3. The van der Waals surface area contributed by atoms with Crippen LogP contribution in [0.4, 0.5) is 21.7 Å². The summed E-state index contributed by atoms with van der Waals surface area (Å²) in [5.41, 5.74) is 2.68. The summed E-state index contributed by atoms with van der Waals surface area (Å²) in [5, 5.41) is 5.65. The van der Waals surface area contributed by atoms with Gasteiger partial charge in [0.15, 0.2) is 0 Å². The van der Waals surface area contributed by atoms with Crippen LogP contribution in [0.15, 0.2) is 60.9 Å². The highest BCUT2D eigenvalue weighted by Gasteiger charge is 2.08. The number of rotatable bonds is 4. The standard InChI is InChI=1S/C18H15FN4O/c1-12-5-7-15(8-6-12)22-17(24)13-10-20-18(21-11-13)23-16-4-2-3-14(19)9-16/h2-11H,1H3,(H,22,24)(H,20,21,23). The van der Waals surface area contributed by atoms with Gasteiger partial charge in [-0.2, -0.15) is 0 Å². The summed E-state index contributed by atoms with van der Waals surface area (Å²) in [5.74, 6) is -0.363. The minimum Gasteiger partial charge on any atom is -0.324 e. The summed E-state index contributed by atoms with van der Waals surface area (Å²) in [7, 11) is 0. The van der Waals surface area contributed by atoms with Gasteiger partial charge in [0, 0.05) is 23.8 Å². The molecule has 0 spiro atoms. The van der Waals surface area contributed by atoms with Gasteiger partial charge in [-0.15, -0.1) is 0 Å². The largest absolute Gasteiger partial charge is 0.324 e. The highest BCUT2D eigenvalue weighted by Crippen LogP contribution is 2.14. The SMILES string of the molecule is Cc1ccc(NC(=O)c2cnc(Nc3cccc(F)c3)nc2)cc1. The molecule has 0 aliphatic carbocycles. The van der Waals surface area contributed by atoms with Crippen LogP contribution < -0.4 is 10.6 Å². The molecule has 0 unspecified atom stereocenters. The van der Waals surface area contributed by atoms with Crippen molar-refractivity contribution >= 4 is 23.2 Å². The average molecular weight is 322 g/mol. The first-order valence-electron chi connectivity index (χ1n) is 7.33. The van der Waals surface area contributed by atoms with Gasteiger partial charge in [0.2, 0.25) is 5.95 Å². The molecule has 2 N–H and O–H groups in total. The second-order valence-corrected chi connectivity index (χ2v) is 5.25. The van der Waals surface area contributed by atoms with Crippen molar-refractivity contribution in [1.29, 1.82) is 0 Å². The molecule has 1 heterocycles. The molecule has 0 saturated carbocycles. The van der Waals surface area contributed by atoms with Gasteiger partial charge in [0.1, 0.15) is 5.82 Å². The smallest absolute Gasteiger partial charge is 0.258 e. The number of amides is 1. The van der Waals surface area contributed by atoms with E-state index in [1.165, 1.54) is 24.5 Å². The van der Waals surface area contributed by atoms with Crippen LogP contribution in [0.5, 0.6) is 0 Å². The van der Waals surface area contributed by atoms with Crippen molar-refractivity contribution < 1.29 is 9.18 Å². The van der Waals surface area contributed by atoms with Gasteiger partial charge in [-0.25, -0.2) is 14.4 Å². The van der Waals surface area contributed by atoms with Gasteiger partial charge in [0.25, 0.3) is 5.91 Å². The number of halogens is 1. The molecule has 0 aliphatic heterocycles. The van der Waals surface area contributed by atoms with Crippen molar-refractivity contribution in [1.82, 2.24) is 9.97 Å². The Kier molecular flexibility index (Phi) is 4.47. The number of nitrogens with zero attached hydrogens (tertiary/aromatic N) is 2. The normalized spacial score (nSPS) is 10.2. The third-order valence-electron chi connectivity index (χ3n) is 3.30. The van der Waals surface area contributed by atoms with Gasteiger partial charge in [-0.1, -0.05) is 23.8 Å². The number of aromatic nitrogens is 2. The second kappa shape index (κ2) is 6.87. The Hall–Kier alpha value is -3.28. The van der Waals surface area contributed by atoms with Crippen molar-refractivity contribution in [3.05, 3.63) is 77.9 Å². The molecule has 1 amide bonds. The molecule has 0 saturated heterocycles. The number of hydrogen-bond acceptors (Lipinski definition) is 4. The predicted molar refractivity (Wildman–Crippen MR) is 90.8 cm³/mol. The van der Waals surface area contributed by atoms with Crippen LogP contribution in [0.1, 0.15) is 15.9 Å². The summed E-state index contributed by atoms with van der Waals surface area (Å²) in [6, 6.07) is 13.5. The number of carbonyl (C=O) groups is 1. The molecule has 1 aromatic heterocycles. The topological polar surface area (TPSA) is 66.9 Å². The Balaban J connectivity index is 1.67. The molecule has 0 radical (unpaired) electrons. The number of benzene rings is 2. The highest BCUT2D eigenvalue weighted by atomic mass is 19.1. The lowest BCUT2D eigenvalue weighted by Gasteiger charge is -2.07. The molecule has 0 fully saturated rings. The summed E-state index contributed by atoms with van der Waals surface area (Å²) in [6.07, 6.45) is 2.83. The zero-order valence-corrected chi connectivity index (χ0v) is 13.0.